The molecule has 3 heterocycles. The van der Waals surface area contributed by atoms with E-state index in [2.05, 4.69) is 61.9 Å². The van der Waals surface area contributed by atoms with Gasteiger partial charge in [0.05, 0.1) is 17.6 Å². The van der Waals surface area contributed by atoms with E-state index in [4.69, 9.17) is 4.74 Å². The lowest BCUT2D eigenvalue weighted by atomic mass is 10.1. The van der Waals surface area contributed by atoms with Gasteiger partial charge in [-0.3, -0.25) is 9.47 Å². The number of nitrogens with zero attached hydrogens (tertiary/aromatic N) is 5. The Bertz CT molecular complexity index is 1140. The van der Waals surface area contributed by atoms with Crippen molar-refractivity contribution in [3.8, 4) is 5.69 Å². The molecule has 30 heavy (non-hydrogen) atoms. The minimum absolute atomic E-state index is 0.502. The van der Waals surface area contributed by atoms with Crippen LogP contribution in [0.2, 0.25) is 0 Å². The average molecular weight is 402 g/mol. The predicted octanol–water partition coefficient (Wildman–Crippen LogP) is 4.07. The van der Waals surface area contributed by atoms with Crippen molar-refractivity contribution in [1.29, 1.82) is 0 Å². The van der Waals surface area contributed by atoms with Gasteiger partial charge in [0.1, 0.15) is 18.8 Å². The highest BCUT2D eigenvalue weighted by atomic mass is 16.5. The number of hydrogen-bond acceptors (Lipinski definition) is 4. The van der Waals surface area contributed by atoms with Crippen molar-refractivity contribution in [3.63, 3.8) is 0 Å². The van der Waals surface area contributed by atoms with Crippen LogP contribution in [0.3, 0.4) is 0 Å². The quantitative estimate of drug-likeness (QED) is 0.468. The van der Waals surface area contributed by atoms with Crippen LogP contribution in [0.15, 0.2) is 61.2 Å². The van der Waals surface area contributed by atoms with Crippen molar-refractivity contribution in [2.24, 2.45) is 7.05 Å². The molecule has 6 heteroatoms. The highest BCUT2D eigenvalue weighted by molar-refractivity contribution is 5.78. The molecule has 0 unspecified atom stereocenters. The number of imidazole rings is 2. The molecule has 0 amide bonds. The zero-order chi connectivity index (χ0) is 20.3. The van der Waals surface area contributed by atoms with Gasteiger partial charge in [-0.25, -0.2) is 9.97 Å². The van der Waals surface area contributed by atoms with E-state index in [1.165, 1.54) is 31.5 Å². The molecule has 2 aromatic carbocycles. The van der Waals surface area contributed by atoms with Crippen molar-refractivity contribution in [2.75, 3.05) is 13.1 Å². The number of hydrogen-bond donors (Lipinski definition) is 0. The minimum Gasteiger partial charge on any atom is -0.369 e. The first kappa shape index (κ1) is 19.0. The first-order chi connectivity index (χ1) is 14.8. The van der Waals surface area contributed by atoms with Crippen molar-refractivity contribution in [1.82, 2.24) is 24.0 Å². The SMILES string of the molecule is Cn1ccnc1COCc1cccc(-n2cnc3cc(CN4CCCC4)ccc32)c1. The second kappa shape index (κ2) is 8.42. The zero-order valence-corrected chi connectivity index (χ0v) is 17.4. The van der Waals surface area contributed by atoms with Gasteiger partial charge in [0.2, 0.25) is 0 Å². The zero-order valence-electron chi connectivity index (χ0n) is 17.4. The highest BCUT2D eigenvalue weighted by Crippen LogP contribution is 2.22. The van der Waals surface area contributed by atoms with Crippen LogP contribution in [0.4, 0.5) is 0 Å². The molecule has 5 rings (SSSR count). The second-order valence-corrected chi connectivity index (χ2v) is 8.04. The molecule has 0 saturated carbocycles. The van der Waals surface area contributed by atoms with Crippen LogP contribution in [0.5, 0.6) is 0 Å². The number of fused-ring (bicyclic) bond motifs is 1. The van der Waals surface area contributed by atoms with Crippen LogP contribution in [0.25, 0.3) is 16.7 Å². The molecule has 0 radical (unpaired) electrons. The summed E-state index contributed by atoms with van der Waals surface area (Å²) in [6.45, 7) is 4.49. The third-order valence-electron chi connectivity index (χ3n) is 5.83. The Hall–Kier alpha value is -2.96. The fraction of sp³-hybridized carbons (Fsp3) is 0.333. The third kappa shape index (κ3) is 4.01. The Labute approximate surface area is 176 Å². The number of benzene rings is 2. The van der Waals surface area contributed by atoms with Crippen LogP contribution in [-0.4, -0.2) is 37.1 Å². The summed E-state index contributed by atoms with van der Waals surface area (Å²) >= 11 is 0. The standard InChI is InChI=1S/C24H27N5O/c1-27-12-9-25-24(27)17-30-16-20-5-4-6-21(13-20)29-18-26-22-14-19(7-8-23(22)29)15-28-10-2-3-11-28/h4-9,12-14,18H,2-3,10-11,15-17H2,1H3. The largest absolute Gasteiger partial charge is 0.369 e. The Morgan fingerprint density at radius 3 is 2.70 bits per heavy atom. The van der Waals surface area contributed by atoms with Gasteiger partial charge in [0.25, 0.3) is 0 Å². The first-order valence-electron chi connectivity index (χ1n) is 10.6. The van der Waals surface area contributed by atoms with Gasteiger partial charge >= 0.3 is 0 Å². The van der Waals surface area contributed by atoms with Crippen molar-refractivity contribution >= 4 is 11.0 Å². The molecule has 2 aromatic heterocycles. The van der Waals surface area contributed by atoms with E-state index >= 15 is 0 Å². The van der Waals surface area contributed by atoms with Gasteiger partial charge in [-0.1, -0.05) is 18.2 Å². The van der Waals surface area contributed by atoms with E-state index in [0.717, 1.165) is 34.7 Å². The maximum atomic E-state index is 5.87. The number of ether oxygens (including phenoxy) is 1. The maximum Gasteiger partial charge on any atom is 0.134 e. The number of rotatable bonds is 7. The topological polar surface area (TPSA) is 48.1 Å². The van der Waals surface area contributed by atoms with Crippen molar-refractivity contribution < 1.29 is 4.74 Å². The molecule has 1 fully saturated rings. The summed E-state index contributed by atoms with van der Waals surface area (Å²) in [5, 5.41) is 0. The molecule has 154 valence electrons. The van der Waals surface area contributed by atoms with E-state index in [9.17, 15) is 0 Å². The lowest BCUT2D eigenvalue weighted by Gasteiger charge is -2.14. The molecule has 1 saturated heterocycles. The molecular formula is C24H27N5O. The van der Waals surface area contributed by atoms with Crippen LogP contribution in [0.1, 0.15) is 29.8 Å². The summed E-state index contributed by atoms with van der Waals surface area (Å²) in [7, 11) is 1.98. The van der Waals surface area contributed by atoms with Gasteiger partial charge in [0, 0.05) is 31.7 Å². The smallest absolute Gasteiger partial charge is 0.134 e. The van der Waals surface area contributed by atoms with E-state index < -0.39 is 0 Å². The average Bonchev–Trinajstić information content (AvgIpc) is 3.50. The number of aryl methyl sites for hydroxylation is 1. The molecule has 1 aliphatic rings. The molecule has 1 aliphatic heterocycles. The molecule has 6 nitrogen and oxygen atoms in total. The fourth-order valence-corrected chi connectivity index (χ4v) is 4.15. The van der Waals surface area contributed by atoms with Crippen LogP contribution >= 0.6 is 0 Å². The Morgan fingerprint density at radius 2 is 1.87 bits per heavy atom. The molecule has 0 bridgehead atoms. The number of likely N-dealkylation sites (tertiary alicyclic amines) is 1. The van der Waals surface area contributed by atoms with E-state index in [1.54, 1.807) is 6.20 Å². The highest BCUT2D eigenvalue weighted by Gasteiger charge is 2.13. The maximum absolute atomic E-state index is 5.87. The minimum atomic E-state index is 0.502. The fourth-order valence-electron chi connectivity index (χ4n) is 4.15. The van der Waals surface area contributed by atoms with E-state index in [0.29, 0.717) is 13.2 Å². The van der Waals surface area contributed by atoms with Gasteiger partial charge in [0.15, 0.2) is 0 Å². The summed E-state index contributed by atoms with van der Waals surface area (Å²) in [4.78, 5) is 11.5. The Balaban J connectivity index is 1.31. The second-order valence-electron chi connectivity index (χ2n) is 8.04. The summed E-state index contributed by atoms with van der Waals surface area (Å²) < 4.78 is 10.00. The van der Waals surface area contributed by atoms with Crippen LogP contribution in [0, 0.1) is 0 Å². The third-order valence-corrected chi connectivity index (χ3v) is 5.83. The van der Waals surface area contributed by atoms with Crippen molar-refractivity contribution in [2.45, 2.75) is 32.6 Å². The predicted molar refractivity (Wildman–Crippen MR) is 117 cm³/mol. The van der Waals surface area contributed by atoms with E-state index in [1.807, 2.05) is 24.1 Å². The molecule has 0 N–H and O–H groups in total. The molecule has 0 spiro atoms. The monoisotopic (exact) mass is 401 g/mol. The summed E-state index contributed by atoms with van der Waals surface area (Å²) in [5.41, 5.74) is 5.75. The van der Waals surface area contributed by atoms with Crippen LogP contribution in [-0.2, 0) is 31.5 Å². The summed E-state index contributed by atoms with van der Waals surface area (Å²) in [6, 6.07) is 15.1. The molecule has 0 aliphatic carbocycles. The van der Waals surface area contributed by atoms with Crippen molar-refractivity contribution in [3.05, 3.63) is 78.1 Å². The Morgan fingerprint density at radius 1 is 0.967 bits per heavy atom. The molecular weight excluding hydrogens is 374 g/mol. The van der Waals surface area contributed by atoms with Gasteiger partial charge in [-0.05, 0) is 61.3 Å². The summed E-state index contributed by atoms with van der Waals surface area (Å²) in [5.74, 6) is 0.927. The number of aromatic nitrogens is 4. The van der Waals surface area contributed by atoms with Gasteiger partial charge in [-0.15, -0.1) is 0 Å². The molecule has 0 atom stereocenters. The summed E-state index contributed by atoms with van der Waals surface area (Å²) in [6.07, 6.45) is 8.27. The van der Waals surface area contributed by atoms with Gasteiger partial charge in [-0.2, -0.15) is 0 Å². The lowest BCUT2D eigenvalue weighted by Crippen LogP contribution is -2.18. The first-order valence-corrected chi connectivity index (χ1v) is 10.6. The molecule has 4 aromatic rings. The lowest BCUT2D eigenvalue weighted by molar-refractivity contribution is 0.1000. The Kier molecular flexibility index (Phi) is 5.34. The van der Waals surface area contributed by atoms with Crippen LogP contribution < -0.4 is 0 Å². The van der Waals surface area contributed by atoms with Gasteiger partial charge < -0.3 is 9.30 Å². The normalized spacial score (nSPS) is 14.7. The van der Waals surface area contributed by atoms with E-state index in [-0.39, 0.29) is 0 Å².